The summed E-state index contributed by atoms with van der Waals surface area (Å²) >= 11 is 1.57. The van der Waals surface area contributed by atoms with Gasteiger partial charge in [-0.25, -0.2) is 4.79 Å². The fraction of sp³-hybridized carbons (Fsp3) is 0.567. The van der Waals surface area contributed by atoms with Crippen molar-refractivity contribution in [1.29, 1.82) is 0 Å². The number of amides is 1. The normalized spacial score (nSPS) is 19.7. The van der Waals surface area contributed by atoms with Gasteiger partial charge in [0.2, 0.25) is 0 Å². The molecule has 2 aromatic carbocycles. The van der Waals surface area contributed by atoms with E-state index in [9.17, 15) is 4.79 Å². The summed E-state index contributed by atoms with van der Waals surface area (Å²) in [6.07, 6.45) is 6.94. The average Bonchev–Trinajstić information content (AvgIpc) is 3.41. The number of carbonyl (C=O) groups is 1. The molecule has 1 aliphatic carbocycles. The fourth-order valence-electron chi connectivity index (χ4n) is 4.69. The molecule has 4 rings (SSSR count). The topological polar surface area (TPSA) is 78.5 Å². The number of hydroxylamine groups is 1. The summed E-state index contributed by atoms with van der Waals surface area (Å²) in [5, 5.41) is 2.86. The van der Waals surface area contributed by atoms with Crippen LogP contribution in [0.4, 0.5) is 4.79 Å². The SMILES string of the molecule is CCOC1OCCC1COC(=O)NCCCN(OC1CCCCC1)Sc1cccc(OCc2ccccc2)c1. The highest BCUT2D eigenvalue weighted by molar-refractivity contribution is 7.96. The van der Waals surface area contributed by atoms with Gasteiger partial charge < -0.3 is 24.3 Å². The molecule has 1 amide bonds. The van der Waals surface area contributed by atoms with Crippen LogP contribution >= 0.6 is 11.9 Å². The number of benzene rings is 2. The van der Waals surface area contributed by atoms with E-state index in [1.807, 2.05) is 47.8 Å². The third kappa shape index (κ3) is 10.7. The predicted octanol–water partition coefficient (Wildman–Crippen LogP) is 6.35. The van der Waals surface area contributed by atoms with E-state index in [1.165, 1.54) is 19.3 Å². The number of hydrogen-bond acceptors (Lipinski definition) is 8. The van der Waals surface area contributed by atoms with Gasteiger partial charge in [-0.2, -0.15) is 0 Å². The maximum Gasteiger partial charge on any atom is 0.407 e. The molecule has 2 fully saturated rings. The predicted molar refractivity (Wildman–Crippen MR) is 151 cm³/mol. The lowest BCUT2D eigenvalue weighted by atomic mass is 9.98. The number of ether oxygens (including phenoxy) is 4. The van der Waals surface area contributed by atoms with Crippen LogP contribution in [0.3, 0.4) is 0 Å². The van der Waals surface area contributed by atoms with E-state index in [0.29, 0.717) is 39.5 Å². The second kappa shape index (κ2) is 16.7. The van der Waals surface area contributed by atoms with Crippen molar-refractivity contribution < 1.29 is 28.6 Å². The zero-order valence-corrected chi connectivity index (χ0v) is 23.7. The van der Waals surface area contributed by atoms with Crippen LogP contribution in [0.1, 0.15) is 57.4 Å². The first kappa shape index (κ1) is 29.7. The van der Waals surface area contributed by atoms with Crippen LogP contribution in [0.2, 0.25) is 0 Å². The first-order valence-electron chi connectivity index (χ1n) is 14.2. The summed E-state index contributed by atoms with van der Waals surface area (Å²) in [5.74, 6) is 0.907. The van der Waals surface area contributed by atoms with Crippen LogP contribution in [0.25, 0.3) is 0 Å². The first-order valence-corrected chi connectivity index (χ1v) is 15.0. The quantitative estimate of drug-likeness (QED) is 0.154. The van der Waals surface area contributed by atoms with Gasteiger partial charge in [0, 0.05) is 30.5 Å². The smallest absolute Gasteiger partial charge is 0.407 e. The molecule has 1 N–H and O–H groups in total. The maximum atomic E-state index is 12.2. The molecule has 0 aromatic heterocycles. The maximum absolute atomic E-state index is 12.2. The fourth-order valence-corrected chi connectivity index (χ4v) is 5.61. The van der Waals surface area contributed by atoms with Gasteiger partial charge in [-0.05, 0) is 68.3 Å². The lowest BCUT2D eigenvalue weighted by molar-refractivity contribution is -0.136. The van der Waals surface area contributed by atoms with Gasteiger partial charge in [-0.15, -0.1) is 4.47 Å². The molecule has 1 saturated heterocycles. The number of alkyl carbamates (subject to hydrolysis) is 1. The van der Waals surface area contributed by atoms with Crippen molar-refractivity contribution in [3.8, 4) is 5.75 Å². The number of nitrogens with one attached hydrogen (secondary N) is 1. The lowest BCUT2D eigenvalue weighted by Crippen LogP contribution is -2.32. The average molecular weight is 559 g/mol. The van der Waals surface area contributed by atoms with Crippen LogP contribution < -0.4 is 10.1 Å². The van der Waals surface area contributed by atoms with Crippen molar-refractivity contribution in [1.82, 2.24) is 9.79 Å². The van der Waals surface area contributed by atoms with Crippen molar-refractivity contribution in [2.45, 2.75) is 75.8 Å². The number of carbonyl (C=O) groups excluding carboxylic acids is 1. The molecule has 1 heterocycles. The van der Waals surface area contributed by atoms with Crippen molar-refractivity contribution in [2.75, 3.05) is 32.9 Å². The van der Waals surface area contributed by atoms with E-state index in [1.54, 1.807) is 11.9 Å². The summed E-state index contributed by atoms with van der Waals surface area (Å²) in [4.78, 5) is 19.7. The largest absolute Gasteiger partial charge is 0.489 e. The molecule has 214 valence electrons. The Morgan fingerprint density at radius 2 is 1.92 bits per heavy atom. The summed E-state index contributed by atoms with van der Waals surface area (Å²) in [7, 11) is 0. The molecule has 2 atom stereocenters. The highest BCUT2D eigenvalue weighted by Crippen LogP contribution is 2.30. The first-order chi connectivity index (χ1) is 19.2. The lowest BCUT2D eigenvalue weighted by Gasteiger charge is -2.28. The van der Waals surface area contributed by atoms with Crippen molar-refractivity contribution in [3.63, 3.8) is 0 Å². The Labute approximate surface area is 236 Å². The Kier molecular flexibility index (Phi) is 12.7. The van der Waals surface area contributed by atoms with Crippen LogP contribution in [0.5, 0.6) is 5.75 Å². The van der Waals surface area contributed by atoms with E-state index in [2.05, 4.69) is 23.5 Å². The van der Waals surface area contributed by atoms with Crippen molar-refractivity contribution in [2.24, 2.45) is 5.92 Å². The molecule has 0 bridgehead atoms. The third-order valence-electron chi connectivity index (χ3n) is 6.78. The number of rotatable bonds is 15. The van der Waals surface area contributed by atoms with Crippen LogP contribution in [-0.4, -0.2) is 55.9 Å². The van der Waals surface area contributed by atoms with Gasteiger partial charge in [-0.1, -0.05) is 55.7 Å². The Morgan fingerprint density at radius 3 is 2.74 bits per heavy atom. The molecule has 0 radical (unpaired) electrons. The highest BCUT2D eigenvalue weighted by Gasteiger charge is 2.30. The Balaban J connectivity index is 1.23. The van der Waals surface area contributed by atoms with Crippen LogP contribution in [-0.2, 0) is 25.7 Å². The summed E-state index contributed by atoms with van der Waals surface area (Å²) < 4.78 is 24.5. The van der Waals surface area contributed by atoms with E-state index in [-0.39, 0.29) is 18.3 Å². The van der Waals surface area contributed by atoms with E-state index < -0.39 is 6.09 Å². The molecular weight excluding hydrogens is 516 g/mol. The molecule has 0 spiro atoms. The molecule has 9 heteroatoms. The van der Waals surface area contributed by atoms with Crippen LogP contribution in [0, 0.1) is 5.92 Å². The zero-order chi connectivity index (χ0) is 27.1. The van der Waals surface area contributed by atoms with E-state index in [4.69, 9.17) is 23.8 Å². The van der Waals surface area contributed by atoms with Gasteiger partial charge in [0.25, 0.3) is 0 Å². The molecule has 8 nitrogen and oxygen atoms in total. The van der Waals surface area contributed by atoms with Gasteiger partial charge in [0.15, 0.2) is 6.29 Å². The minimum absolute atomic E-state index is 0.0823. The van der Waals surface area contributed by atoms with E-state index in [0.717, 1.165) is 41.9 Å². The van der Waals surface area contributed by atoms with E-state index >= 15 is 0 Å². The van der Waals surface area contributed by atoms with Gasteiger partial charge >= 0.3 is 6.09 Å². The Morgan fingerprint density at radius 1 is 1.08 bits per heavy atom. The monoisotopic (exact) mass is 558 g/mol. The van der Waals surface area contributed by atoms with Gasteiger partial charge in [0.05, 0.1) is 12.7 Å². The molecule has 2 unspecified atom stereocenters. The molecule has 1 aliphatic heterocycles. The number of hydrogen-bond donors (Lipinski definition) is 1. The Bertz CT molecular complexity index is 975. The molecule has 1 saturated carbocycles. The minimum Gasteiger partial charge on any atom is -0.489 e. The zero-order valence-electron chi connectivity index (χ0n) is 22.9. The molecule has 2 aliphatic rings. The van der Waals surface area contributed by atoms with Crippen LogP contribution in [0.15, 0.2) is 59.5 Å². The Hall–Kier alpha value is -2.30. The van der Waals surface area contributed by atoms with Crippen molar-refractivity contribution >= 4 is 18.0 Å². The minimum atomic E-state index is -0.409. The molecule has 39 heavy (non-hydrogen) atoms. The number of nitrogens with zero attached hydrogens (tertiary/aromatic N) is 1. The standard InChI is InChI=1S/C30H42N2O6S/c1-2-34-29-25(17-20-35-29)23-37-30(33)31-18-10-19-32(38-26-13-7-4-8-14-26)39-28-16-9-15-27(21-28)36-22-24-11-5-3-6-12-24/h3,5-6,9,11-12,15-16,21,25-26,29H,2,4,7-8,10,13-14,17-20,22-23H2,1H3,(H,31,33). The van der Waals surface area contributed by atoms with Gasteiger partial charge in [-0.3, -0.25) is 4.84 Å². The second-order valence-electron chi connectivity index (χ2n) is 9.88. The summed E-state index contributed by atoms with van der Waals surface area (Å²) in [5.41, 5.74) is 1.13. The third-order valence-corrected chi connectivity index (χ3v) is 7.72. The molecular formula is C30H42N2O6S. The second-order valence-corrected chi connectivity index (χ2v) is 10.9. The highest BCUT2D eigenvalue weighted by atomic mass is 32.2. The van der Waals surface area contributed by atoms with Gasteiger partial charge in [0.1, 0.15) is 19.0 Å². The molecule has 2 aromatic rings. The summed E-state index contributed by atoms with van der Waals surface area (Å²) in [6, 6.07) is 18.2. The van der Waals surface area contributed by atoms with Crippen molar-refractivity contribution in [3.05, 3.63) is 60.2 Å². The summed E-state index contributed by atoms with van der Waals surface area (Å²) in [6.45, 7) is 5.14.